The van der Waals surface area contributed by atoms with Crippen LogP contribution >= 0.6 is 0 Å². The predicted molar refractivity (Wildman–Crippen MR) is 149 cm³/mol. The third-order valence-electron chi connectivity index (χ3n) is 7.37. The summed E-state index contributed by atoms with van der Waals surface area (Å²) in [6.45, 7) is 8.30. The molecule has 11 nitrogen and oxygen atoms in total. The Labute approximate surface area is 227 Å². The number of rotatable bonds is 9. The molecule has 39 heavy (non-hydrogen) atoms. The van der Waals surface area contributed by atoms with E-state index >= 15 is 0 Å². The predicted octanol–water partition coefficient (Wildman–Crippen LogP) is 2.71. The van der Waals surface area contributed by atoms with E-state index in [0.717, 1.165) is 31.6 Å². The number of nitrogens with one attached hydrogen (secondary N) is 1. The van der Waals surface area contributed by atoms with E-state index in [2.05, 4.69) is 62.4 Å². The van der Waals surface area contributed by atoms with Crippen LogP contribution in [0.1, 0.15) is 28.6 Å². The molecule has 1 saturated heterocycles. The number of tetrazole rings is 1. The Morgan fingerprint density at radius 3 is 2.44 bits per heavy atom. The Morgan fingerprint density at radius 2 is 1.72 bits per heavy atom. The third-order valence-corrected chi connectivity index (χ3v) is 7.37. The number of H-pyrrole nitrogens is 1. The lowest BCUT2D eigenvalue weighted by Gasteiger charge is -2.40. The van der Waals surface area contributed by atoms with Gasteiger partial charge in [0.2, 0.25) is 0 Å². The minimum absolute atomic E-state index is 0.196. The van der Waals surface area contributed by atoms with Gasteiger partial charge in [-0.05, 0) is 53.6 Å². The number of methoxy groups -OCH3 is 3. The fourth-order valence-electron chi connectivity index (χ4n) is 5.28. The summed E-state index contributed by atoms with van der Waals surface area (Å²) in [5, 5.41) is 13.4. The van der Waals surface area contributed by atoms with Gasteiger partial charge < -0.3 is 24.1 Å². The Kier molecular flexibility index (Phi) is 7.80. The lowest BCUT2D eigenvalue weighted by molar-refractivity contribution is 0.171. The molecule has 0 amide bonds. The van der Waals surface area contributed by atoms with Crippen LogP contribution in [0.2, 0.25) is 0 Å². The van der Waals surface area contributed by atoms with E-state index in [9.17, 15) is 4.79 Å². The molecule has 1 N–H and O–H groups in total. The summed E-state index contributed by atoms with van der Waals surface area (Å²) in [7, 11) is 4.81. The van der Waals surface area contributed by atoms with Crippen LogP contribution in [0.4, 0.5) is 5.69 Å². The quantitative estimate of drug-likeness (QED) is 0.347. The molecular formula is C28H35N7O4. The molecule has 11 heteroatoms. The lowest BCUT2D eigenvalue weighted by Crippen LogP contribution is -2.49. The monoisotopic (exact) mass is 533 g/mol. The fraction of sp³-hybridized carbons (Fsp3) is 0.429. The number of piperazine rings is 1. The SMILES string of the molecule is COCCn1nnnc1C(c1cc2cc(OC)c(OC)cc2[nH]c1=O)N1CCN(c2cc(C)ccc2C)CC1. The van der Waals surface area contributed by atoms with Crippen molar-refractivity contribution < 1.29 is 14.2 Å². The molecule has 0 bridgehead atoms. The van der Waals surface area contributed by atoms with E-state index in [1.807, 2.05) is 12.1 Å². The summed E-state index contributed by atoms with van der Waals surface area (Å²) in [4.78, 5) is 21.3. The second kappa shape index (κ2) is 11.4. The molecule has 4 aromatic rings. The molecule has 2 aromatic carbocycles. The molecule has 0 aliphatic carbocycles. The van der Waals surface area contributed by atoms with E-state index in [1.54, 1.807) is 32.1 Å². The minimum atomic E-state index is -0.446. The maximum Gasteiger partial charge on any atom is 0.253 e. The maximum atomic E-state index is 13.6. The highest BCUT2D eigenvalue weighted by atomic mass is 16.5. The van der Waals surface area contributed by atoms with Crippen molar-refractivity contribution in [3.8, 4) is 11.5 Å². The van der Waals surface area contributed by atoms with Crippen LogP contribution in [0, 0.1) is 13.8 Å². The van der Waals surface area contributed by atoms with Crippen molar-refractivity contribution in [2.45, 2.75) is 26.4 Å². The van der Waals surface area contributed by atoms with Crippen LogP contribution in [0.15, 0.2) is 41.2 Å². The number of aromatic nitrogens is 5. The molecule has 2 aromatic heterocycles. The summed E-state index contributed by atoms with van der Waals surface area (Å²) in [5.41, 5.74) is 4.79. The highest BCUT2D eigenvalue weighted by Gasteiger charge is 2.33. The molecule has 3 heterocycles. The normalized spacial score (nSPS) is 15.1. The molecule has 206 valence electrons. The highest BCUT2D eigenvalue weighted by Crippen LogP contribution is 2.34. The number of hydrogen-bond donors (Lipinski definition) is 1. The van der Waals surface area contributed by atoms with Gasteiger partial charge in [0.1, 0.15) is 6.04 Å². The summed E-state index contributed by atoms with van der Waals surface area (Å²) < 4.78 is 18.0. The van der Waals surface area contributed by atoms with Gasteiger partial charge in [-0.15, -0.1) is 5.10 Å². The summed E-state index contributed by atoms with van der Waals surface area (Å²) in [6.07, 6.45) is 0. The fourth-order valence-corrected chi connectivity index (χ4v) is 5.28. The average molecular weight is 534 g/mol. The second-order valence-corrected chi connectivity index (χ2v) is 9.82. The highest BCUT2D eigenvalue weighted by molar-refractivity contribution is 5.83. The number of hydrogen-bond acceptors (Lipinski definition) is 9. The van der Waals surface area contributed by atoms with Crippen molar-refractivity contribution in [3.63, 3.8) is 0 Å². The van der Waals surface area contributed by atoms with Crippen LogP contribution in [0.3, 0.4) is 0 Å². The zero-order valence-corrected chi connectivity index (χ0v) is 23.1. The van der Waals surface area contributed by atoms with Crippen LogP contribution in [0.5, 0.6) is 11.5 Å². The Bertz CT molecular complexity index is 1510. The molecule has 1 unspecified atom stereocenters. The van der Waals surface area contributed by atoms with Crippen LogP contribution in [-0.4, -0.2) is 84.2 Å². The molecule has 1 aliphatic rings. The number of ether oxygens (including phenoxy) is 3. The minimum Gasteiger partial charge on any atom is -0.493 e. The van der Waals surface area contributed by atoms with Gasteiger partial charge in [-0.3, -0.25) is 9.69 Å². The van der Waals surface area contributed by atoms with Gasteiger partial charge in [-0.1, -0.05) is 12.1 Å². The van der Waals surface area contributed by atoms with Crippen molar-refractivity contribution in [3.05, 3.63) is 69.3 Å². The first-order valence-corrected chi connectivity index (χ1v) is 13.0. The van der Waals surface area contributed by atoms with Gasteiger partial charge in [0, 0.05) is 56.0 Å². The molecule has 5 rings (SSSR count). The average Bonchev–Trinajstić information content (AvgIpc) is 3.41. The number of fused-ring (bicyclic) bond motifs is 1. The van der Waals surface area contributed by atoms with E-state index in [-0.39, 0.29) is 5.56 Å². The first kappa shape index (κ1) is 26.6. The van der Waals surface area contributed by atoms with Gasteiger partial charge in [0.05, 0.1) is 32.9 Å². The number of aromatic amines is 1. The van der Waals surface area contributed by atoms with E-state index < -0.39 is 6.04 Å². The Balaban J connectivity index is 1.55. The van der Waals surface area contributed by atoms with E-state index in [0.29, 0.717) is 41.6 Å². The van der Waals surface area contributed by atoms with Crippen LogP contribution < -0.4 is 19.9 Å². The van der Waals surface area contributed by atoms with E-state index in [1.165, 1.54) is 16.8 Å². The number of benzene rings is 2. The van der Waals surface area contributed by atoms with Crippen molar-refractivity contribution in [1.29, 1.82) is 0 Å². The zero-order valence-electron chi connectivity index (χ0n) is 23.1. The topological polar surface area (TPSA) is 111 Å². The number of anilines is 1. The lowest BCUT2D eigenvalue weighted by atomic mass is 10.0. The van der Waals surface area contributed by atoms with Gasteiger partial charge >= 0.3 is 0 Å². The first-order valence-electron chi connectivity index (χ1n) is 13.0. The molecular weight excluding hydrogens is 498 g/mol. The Hall–Kier alpha value is -3.96. The molecule has 0 saturated carbocycles. The standard InChI is InChI=1S/C28H35N7O4/c1-18-6-7-19(2)23(14-18)33-8-10-34(11-9-33)26(27-30-31-32-35(27)12-13-37-3)21-15-20-16-24(38-4)25(39-5)17-22(20)29-28(21)36/h6-7,14-17,26H,8-13H2,1-5H3,(H,29,36). The van der Waals surface area contributed by atoms with Gasteiger partial charge in [-0.2, -0.15) is 0 Å². The van der Waals surface area contributed by atoms with Crippen molar-refractivity contribution in [2.24, 2.45) is 0 Å². The molecule has 1 fully saturated rings. The molecule has 1 aliphatic heterocycles. The Morgan fingerprint density at radius 1 is 0.974 bits per heavy atom. The molecule has 1 atom stereocenters. The number of aryl methyl sites for hydroxylation is 2. The largest absolute Gasteiger partial charge is 0.493 e. The smallest absolute Gasteiger partial charge is 0.253 e. The van der Waals surface area contributed by atoms with Gasteiger partial charge in [-0.25, -0.2) is 4.68 Å². The van der Waals surface area contributed by atoms with Crippen molar-refractivity contribution in [1.82, 2.24) is 30.1 Å². The van der Waals surface area contributed by atoms with Gasteiger partial charge in [0.15, 0.2) is 17.3 Å². The van der Waals surface area contributed by atoms with Crippen molar-refractivity contribution >= 4 is 16.6 Å². The molecule has 0 radical (unpaired) electrons. The number of pyridine rings is 1. The summed E-state index contributed by atoms with van der Waals surface area (Å²) >= 11 is 0. The van der Waals surface area contributed by atoms with Crippen LogP contribution in [0.25, 0.3) is 10.9 Å². The number of nitrogens with zero attached hydrogens (tertiary/aromatic N) is 6. The third kappa shape index (κ3) is 5.32. The first-order chi connectivity index (χ1) is 18.9. The second-order valence-electron chi connectivity index (χ2n) is 9.82. The summed E-state index contributed by atoms with van der Waals surface area (Å²) in [6, 6.07) is 11.7. The van der Waals surface area contributed by atoms with Crippen molar-refractivity contribution in [2.75, 3.05) is 59.0 Å². The zero-order chi connectivity index (χ0) is 27.5. The van der Waals surface area contributed by atoms with Crippen LogP contribution in [-0.2, 0) is 11.3 Å². The molecule has 0 spiro atoms. The van der Waals surface area contributed by atoms with Gasteiger partial charge in [0.25, 0.3) is 5.56 Å². The van der Waals surface area contributed by atoms with E-state index in [4.69, 9.17) is 14.2 Å². The maximum absolute atomic E-state index is 13.6. The summed E-state index contributed by atoms with van der Waals surface area (Å²) in [5.74, 6) is 1.75.